The van der Waals surface area contributed by atoms with E-state index in [1.807, 2.05) is 0 Å². The van der Waals surface area contributed by atoms with Gasteiger partial charge in [0.1, 0.15) is 11.6 Å². The molecule has 0 amide bonds. The molecule has 0 radical (unpaired) electrons. The molecule has 1 aliphatic heterocycles. The van der Waals surface area contributed by atoms with Crippen LogP contribution in [0.4, 0.5) is 4.39 Å². The molecule has 0 bridgehead atoms. The van der Waals surface area contributed by atoms with Crippen LogP contribution in [0.1, 0.15) is 18.4 Å². The summed E-state index contributed by atoms with van der Waals surface area (Å²) in [5.41, 5.74) is 0.732. The Bertz CT molecular complexity index is 391. The van der Waals surface area contributed by atoms with Gasteiger partial charge in [-0.15, -0.1) is 0 Å². The fourth-order valence-corrected chi connectivity index (χ4v) is 2.51. The van der Waals surface area contributed by atoms with Gasteiger partial charge in [-0.05, 0) is 49.1 Å². The van der Waals surface area contributed by atoms with Crippen molar-refractivity contribution in [3.05, 3.63) is 29.6 Å². The van der Waals surface area contributed by atoms with Crippen LogP contribution < -0.4 is 10.1 Å². The molecule has 0 aliphatic carbocycles. The van der Waals surface area contributed by atoms with Crippen LogP contribution in [0.15, 0.2) is 18.2 Å². The molecule has 3 nitrogen and oxygen atoms in total. The third-order valence-corrected chi connectivity index (χ3v) is 3.55. The van der Waals surface area contributed by atoms with E-state index in [0.29, 0.717) is 12.2 Å². The van der Waals surface area contributed by atoms with Crippen molar-refractivity contribution in [1.29, 1.82) is 0 Å². The molecule has 0 saturated carbocycles. The fraction of sp³-hybridized carbons (Fsp3) is 0.571. The van der Waals surface area contributed by atoms with Crippen LogP contribution in [0.25, 0.3) is 0 Å². The Morgan fingerprint density at radius 1 is 1.56 bits per heavy atom. The highest BCUT2D eigenvalue weighted by molar-refractivity contribution is 5.34. The van der Waals surface area contributed by atoms with E-state index in [2.05, 4.69) is 5.32 Å². The van der Waals surface area contributed by atoms with Gasteiger partial charge in [-0.3, -0.25) is 0 Å². The Morgan fingerprint density at radius 3 is 3.06 bits per heavy atom. The number of halogens is 1. The standard InChI is InChI=1S/C14H20FNO2/c1-18-14-5-4-12(15)7-11(14)8-13(17)10-3-2-6-16-9-10/h4-5,7,10,13,16-17H,2-3,6,8-9H2,1H3. The zero-order valence-corrected chi connectivity index (χ0v) is 10.7. The van der Waals surface area contributed by atoms with E-state index in [1.54, 1.807) is 13.2 Å². The molecule has 1 aliphatic rings. The molecule has 0 aromatic heterocycles. The van der Waals surface area contributed by atoms with Crippen molar-refractivity contribution in [3.8, 4) is 5.75 Å². The molecule has 4 heteroatoms. The predicted molar refractivity (Wildman–Crippen MR) is 68.3 cm³/mol. The van der Waals surface area contributed by atoms with Crippen molar-refractivity contribution in [1.82, 2.24) is 5.32 Å². The lowest BCUT2D eigenvalue weighted by Gasteiger charge is -2.27. The molecule has 2 rings (SSSR count). The van der Waals surface area contributed by atoms with Gasteiger partial charge in [0.15, 0.2) is 0 Å². The second-order valence-electron chi connectivity index (χ2n) is 4.83. The van der Waals surface area contributed by atoms with Gasteiger partial charge in [0.2, 0.25) is 0 Å². The molecule has 0 spiro atoms. The maximum Gasteiger partial charge on any atom is 0.123 e. The molecular formula is C14H20FNO2. The molecule has 1 fully saturated rings. The van der Waals surface area contributed by atoms with Crippen molar-refractivity contribution in [2.24, 2.45) is 5.92 Å². The van der Waals surface area contributed by atoms with Gasteiger partial charge in [0.25, 0.3) is 0 Å². The third kappa shape index (κ3) is 3.21. The summed E-state index contributed by atoms with van der Waals surface area (Å²) < 4.78 is 18.4. The minimum atomic E-state index is -0.450. The summed E-state index contributed by atoms with van der Waals surface area (Å²) in [4.78, 5) is 0. The van der Waals surface area contributed by atoms with Gasteiger partial charge < -0.3 is 15.2 Å². The minimum absolute atomic E-state index is 0.242. The van der Waals surface area contributed by atoms with Gasteiger partial charge in [-0.1, -0.05) is 0 Å². The third-order valence-electron chi connectivity index (χ3n) is 3.55. The summed E-state index contributed by atoms with van der Waals surface area (Å²) >= 11 is 0. The predicted octanol–water partition coefficient (Wildman–Crippen LogP) is 1.74. The number of aliphatic hydroxyl groups is 1. The fourth-order valence-electron chi connectivity index (χ4n) is 2.51. The van der Waals surface area contributed by atoms with Crippen molar-refractivity contribution in [2.75, 3.05) is 20.2 Å². The summed E-state index contributed by atoms with van der Waals surface area (Å²) in [6.45, 7) is 1.85. The van der Waals surface area contributed by atoms with Gasteiger partial charge in [-0.2, -0.15) is 0 Å². The number of rotatable bonds is 4. The minimum Gasteiger partial charge on any atom is -0.496 e. The first-order valence-corrected chi connectivity index (χ1v) is 6.42. The largest absolute Gasteiger partial charge is 0.496 e. The average molecular weight is 253 g/mol. The van der Waals surface area contributed by atoms with Gasteiger partial charge in [0.05, 0.1) is 13.2 Å². The smallest absolute Gasteiger partial charge is 0.123 e. The lowest BCUT2D eigenvalue weighted by Crippen LogP contribution is -2.37. The number of hydrogen-bond acceptors (Lipinski definition) is 3. The summed E-state index contributed by atoms with van der Waals surface area (Å²) in [5, 5.41) is 13.5. The second-order valence-corrected chi connectivity index (χ2v) is 4.83. The van der Waals surface area contributed by atoms with E-state index in [0.717, 1.165) is 31.5 Å². The van der Waals surface area contributed by atoms with Crippen LogP contribution in [0.3, 0.4) is 0 Å². The lowest BCUT2D eigenvalue weighted by molar-refractivity contribution is 0.0915. The summed E-state index contributed by atoms with van der Waals surface area (Å²) in [6.07, 6.45) is 2.09. The van der Waals surface area contributed by atoms with Crippen LogP contribution in [-0.4, -0.2) is 31.4 Å². The van der Waals surface area contributed by atoms with Crippen molar-refractivity contribution in [3.63, 3.8) is 0 Å². The number of benzene rings is 1. The maximum absolute atomic E-state index is 13.2. The first kappa shape index (κ1) is 13.3. The number of ether oxygens (including phenoxy) is 1. The van der Waals surface area contributed by atoms with E-state index in [-0.39, 0.29) is 11.7 Å². The Balaban J connectivity index is 2.05. The SMILES string of the molecule is COc1ccc(F)cc1CC(O)C1CCCNC1. The highest BCUT2D eigenvalue weighted by Crippen LogP contribution is 2.24. The van der Waals surface area contributed by atoms with Crippen LogP contribution in [-0.2, 0) is 6.42 Å². The first-order valence-electron chi connectivity index (χ1n) is 6.42. The number of nitrogens with one attached hydrogen (secondary N) is 1. The monoisotopic (exact) mass is 253 g/mol. The summed E-state index contributed by atoms with van der Waals surface area (Å²) in [6, 6.07) is 4.42. The molecule has 2 unspecified atom stereocenters. The first-order chi connectivity index (χ1) is 8.70. The highest BCUT2D eigenvalue weighted by Gasteiger charge is 2.22. The van der Waals surface area contributed by atoms with E-state index >= 15 is 0 Å². The van der Waals surface area contributed by atoms with Crippen molar-refractivity contribution in [2.45, 2.75) is 25.4 Å². The average Bonchev–Trinajstić information content (AvgIpc) is 2.40. The number of methoxy groups -OCH3 is 1. The number of aliphatic hydroxyl groups excluding tert-OH is 1. The van der Waals surface area contributed by atoms with Gasteiger partial charge in [0, 0.05) is 13.0 Å². The van der Waals surface area contributed by atoms with Gasteiger partial charge in [-0.25, -0.2) is 4.39 Å². The summed E-state index contributed by atoms with van der Waals surface area (Å²) in [5.74, 6) is 0.589. The van der Waals surface area contributed by atoms with Crippen LogP contribution >= 0.6 is 0 Å². The van der Waals surface area contributed by atoms with Crippen LogP contribution in [0.5, 0.6) is 5.75 Å². The van der Waals surface area contributed by atoms with Crippen LogP contribution in [0.2, 0.25) is 0 Å². The molecular weight excluding hydrogens is 233 g/mol. The summed E-state index contributed by atoms with van der Waals surface area (Å²) in [7, 11) is 1.56. The second kappa shape index (κ2) is 6.16. The normalized spacial score (nSPS) is 21.6. The molecule has 1 heterocycles. The van der Waals surface area contributed by atoms with Crippen molar-refractivity contribution >= 4 is 0 Å². The number of piperidine rings is 1. The molecule has 1 aromatic carbocycles. The molecule has 2 atom stereocenters. The zero-order chi connectivity index (χ0) is 13.0. The molecule has 1 saturated heterocycles. The molecule has 1 aromatic rings. The van der Waals surface area contributed by atoms with E-state index in [9.17, 15) is 9.50 Å². The Kier molecular flexibility index (Phi) is 4.55. The molecule has 2 N–H and O–H groups in total. The molecule has 18 heavy (non-hydrogen) atoms. The Labute approximate surface area is 107 Å². The lowest BCUT2D eigenvalue weighted by atomic mass is 9.90. The Morgan fingerprint density at radius 2 is 2.39 bits per heavy atom. The van der Waals surface area contributed by atoms with E-state index in [1.165, 1.54) is 12.1 Å². The van der Waals surface area contributed by atoms with E-state index in [4.69, 9.17) is 4.74 Å². The van der Waals surface area contributed by atoms with Crippen molar-refractivity contribution < 1.29 is 14.2 Å². The van der Waals surface area contributed by atoms with Gasteiger partial charge >= 0.3 is 0 Å². The quantitative estimate of drug-likeness (QED) is 0.858. The Hall–Kier alpha value is -1.13. The van der Waals surface area contributed by atoms with Crippen LogP contribution in [0, 0.1) is 11.7 Å². The molecule has 100 valence electrons. The maximum atomic E-state index is 13.2. The topological polar surface area (TPSA) is 41.5 Å². The highest BCUT2D eigenvalue weighted by atomic mass is 19.1. The van der Waals surface area contributed by atoms with E-state index < -0.39 is 6.10 Å². The number of hydrogen-bond donors (Lipinski definition) is 2. The zero-order valence-electron chi connectivity index (χ0n) is 10.7.